The normalized spacial score (nSPS) is 11.8. The van der Waals surface area contributed by atoms with Crippen molar-refractivity contribution in [3.05, 3.63) is 90.0 Å². The lowest BCUT2D eigenvalue weighted by atomic mass is 10.0. The van der Waals surface area contributed by atoms with E-state index in [9.17, 15) is 18.0 Å². The van der Waals surface area contributed by atoms with Gasteiger partial charge in [0, 0.05) is 19.5 Å². The topological polar surface area (TPSA) is 105 Å². The fourth-order valence-corrected chi connectivity index (χ4v) is 5.03. The number of sulfonamides is 1. The van der Waals surface area contributed by atoms with Crippen LogP contribution in [0.5, 0.6) is 11.5 Å². The molecule has 0 saturated carbocycles. The van der Waals surface area contributed by atoms with E-state index < -0.39 is 28.5 Å². The average molecular weight is 554 g/mol. The second-order valence-electron chi connectivity index (χ2n) is 8.94. The highest BCUT2D eigenvalue weighted by molar-refractivity contribution is 7.92. The van der Waals surface area contributed by atoms with Crippen LogP contribution in [0.4, 0.5) is 5.69 Å². The zero-order chi connectivity index (χ0) is 28.4. The standard InChI is InChI=1S/C29H35N3O6S/c1-5-30-29(34)27(19-22-10-7-6-8-11-22)31(20-23-12-9-13-26(18-23)38-3)28(33)21-32(39(4,35)36)24-14-16-25(37-2)17-15-24/h6-18,27H,5,19-21H2,1-4H3,(H,30,34)/t27-/m0/s1. The summed E-state index contributed by atoms with van der Waals surface area (Å²) in [6.45, 7) is 1.78. The molecule has 1 N–H and O–H groups in total. The van der Waals surface area contributed by atoms with Gasteiger partial charge in [-0.05, 0) is 54.4 Å². The third-order valence-electron chi connectivity index (χ3n) is 6.15. The minimum absolute atomic E-state index is 0.0743. The minimum atomic E-state index is -3.84. The average Bonchev–Trinajstić information content (AvgIpc) is 2.93. The highest BCUT2D eigenvalue weighted by atomic mass is 32.2. The number of anilines is 1. The van der Waals surface area contributed by atoms with E-state index in [-0.39, 0.29) is 18.9 Å². The highest BCUT2D eigenvalue weighted by Crippen LogP contribution is 2.23. The summed E-state index contributed by atoms with van der Waals surface area (Å²) in [6.07, 6.45) is 1.30. The fourth-order valence-electron chi connectivity index (χ4n) is 4.18. The van der Waals surface area contributed by atoms with Gasteiger partial charge in [-0.2, -0.15) is 0 Å². The first-order chi connectivity index (χ1) is 18.7. The Morgan fingerprint density at radius 2 is 1.51 bits per heavy atom. The largest absolute Gasteiger partial charge is 0.497 e. The van der Waals surface area contributed by atoms with E-state index in [2.05, 4.69) is 5.32 Å². The Morgan fingerprint density at radius 1 is 0.872 bits per heavy atom. The molecule has 1 atom stereocenters. The summed E-state index contributed by atoms with van der Waals surface area (Å²) in [5, 5.41) is 2.83. The maximum atomic E-state index is 14.0. The van der Waals surface area contributed by atoms with Gasteiger partial charge in [-0.25, -0.2) is 8.42 Å². The third kappa shape index (κ3) is 8.22. The van der Waals surface area contributed by atoms with E-state index in [1.54, 1.807) is 56.5 Å². The van der Waals surface area contributed by atoms with Crippen molar-refractivity contribution in [3.63, 3.8) is 0 Å². The number of carbonyl (C=O) groups is 2. The SMILES string of the molecule is CCNC(=O)[C@H](Cc1ccccc1)N(Cc1cccc(OC)c1)C(=O)CN(c1ccc(OC)cc1)S(C)(=O)=O. The van der Waals surface area contributed by atoms with Gasteiger partial charge in [0.25, 0.3) is 0 Å². The van der Waals surface area contributed by atoms with Crippen LogP contribution in [-0.2, 0) is 32.6 Å². The van der Waals surface area contributed by atoms with Gasteiger partial charge in [0.2, 0.25) is 21.8 Å². The molecule has 2 amide bonds. The zero-order valence-electron chi connectivity index (χ0n) is 22.7. The van der Waals surface area contributed by atoms with Crippen molar-refractivity contribution >= 4 is 27.5 Å². The number of amides is 2. The van der Waals surface area contributed by atoms with Crippen molar-refractivity contribution in [2.75, 3.05) is 37.9 Å². The number of carbonyl (C=O) groups excluding carboxylic acids is 2. The fraction of sp³-hybridized carbons (Fsp3) is 0.310. The zero-order valence-corrected chi connectivity index (χ0v) is 23.5. The second kappa shape index (κ2) is 13.7. The van der Waals surface area contributed by atoms with Crippen LogP contribution < -0.4 is 19.1 Å². The number of rotatable bonds is 13. The molecule has 0 radical (unpaired) electrons. The summed E-state index contributed by atoms with van der Waals surface area (Å²) < 4.78 is 37.2. The van der Waals surface area contributed by atoms with E-state index in [1.807, 2.05) is 36.4 Å². The van der Waals surface area contributed by atoms with Crippen molar-refractivity contribution in [2.24, 2.45) is 0 Å². The molecule has 10 heteroatoms. The Balaban J connectivity index is 2.04. The molecule has 0 spiro atoms. The summed E-state index contributed by atoms with van der Waals surface area (Å²) in [6, 6.07) is 22.1. The summed E-state index contributed by atoms with van der Waals surface area (Å²) in [5.41, 5.74) is 1.92. The lowest BCUT2D eigenvalue weighted by Crippen LogP contribution is -2.53. The highest BCUT2D eigenvalue weighted by Gasteiger charge is 2.32. The van der Waals surface area contributed by atoms with Gasteiger partial charge < -0.3 is 19.7 Å². The number of benzene rings is 3. The summed E-state index contributed by atoms with van der Waals surface area (Å²) in [7, 11) is -0.779. The number of likely N-dealkylation sites (N-methyl/N-ethyl adjacent to an activating group) is 1. The molecule has 39 heavy (non-hydrogen) atoms. The smallest absolute Gasteiger partial charge is 0.244 e. The summed E-state index contributed by atoms with van der Waals surface area (Å²) in [5.74, 6) is 0.310. The van der Waals surface area contributed by atoms with Crippen LogP contribution in [0.2, 0.25) is 0 Å². The molecule has 0 aliphatic rings. The molecule has 0 saturated heterocycles. The van der Waals surface area contributed by atoms with Crippen LogP contribution >= 0.6 is 0 Å². The molecule has 3 aromatic rings. The van der Waals surface area contributed by atoms with E-state index in [0.717, 1.165) is 21.7 Å². The summed E-state index contributed by atoms with van der Waals surface area (Å²) in [4.78, 5) is 28.8. The van der Waals surface area contributed by atoms with Crippen LogP contribution in [-0.4, -0.2) is 64.7 Å². The van der Waals surface area contributed by atoms with E-state index in [4.69, 9.17) is 9.47 Å². The molecule has 0 fully saturated rings. The van der Waals surface area contributed by atoms with Gasteiger partial charge in [0.15, 0.2) is 0 Å². The predicted molar refractivity (Wildman–Crippen MR) is 151 cm³/mol. The Bertz CT molecular complexity index is 1350. The lowest BCUT2D eigenvalue weighted by Gasteiger charge is -2.33. The number of ether oxygens (including phenoxy) is 2. The van der Waals surface area contributed by atoms with Gasteiger partial charge in [-0.1, -0.05) is 42.5 Å². The molecular formula is C29H35N3O6S. The number of hydrogen-bond acceptors (Lipinski definition) is 6. The Kier molecular flexibility index (Phi) is 10.3. The van der Waals surface area contributed by atoms with Crippen molar-refractivity contribution in [2.45, 2.75) is 25.9 Å². The van der Waals surface area contributed by atoms with E-state index in [1.165, 1.54) is 12.0 Å². The maximum absolute atomic E-state index is 14.0. The molecule has 0 aromatic heterocycles. The van der Waals surface area contributed by atoms with Gasteiger partial charge in [-0.15, -0.1) is 0 Å². The number of nitrogens with zero attached hydrogens (tertiary/aromatic N) is 2. The Hall–Kier alpha value is -4.05. The molecule has 0 aliphatic carbocycles. The first kappa shape index (κ1) is 29.5. The lowest BCUT2D eigenvalue weighted by molar-refractivity contribution is -0.140. The first-order valence-corrected chi connectivity index (χ1v) is 14.4. The monoisotopic (exact) mass is 553 g/mol. The minimum Gasteiger partial charge on any atom is -0.497 e. The molecule has 0 aliphatic heterocycles. The van der Waals surface area contributed by atoms with Crippen molar-refractivity contribution in [1.82, 2.24) is 10.2 Å². The van der Waals surface area contributed by atoms with Gasteiger partial charge in [-0.3, -0.25) is 13.9 Å². The van der Waals surface area contributed by atoms with Gasteiger partial charge >= 0.3 is 0 Å². The number of hydrogen-bond donors (Lipinski definition) is 1. The molecule has 0 heterocycles. The van der Waals surface area contributed by atoms with Crippen LogP contribution in [0.3, 0.4) is 0 Å². The van der Waals surface area contributed by atoms with Crippen LogP contribution in [0.1, 0.15) is 18.1 Å². The van der Waals surface area contributed by atoms with Crippen LogP contribution in [0.25, 0.3) is 0 Å². The molecule has 208 valence electrons. The predicted octanol–water partition coefficient (Wildman–Crippen LogP) is 3.25. The van der Waals surface area contributed by atoms with Crippen LogP contribution in [0.15, 0.2) is 78.9 Å². The third-order valence-corrected chi connectivity index (χ3v) is 7.29. The molecule has 3 aromatic carbocycles. The van der Waals surface area contributed by atoms with Crippen molar-refractivity contribution in [3.8, 4) is 11.5 Å². The molecule has 0 unspecified atom stereocenters. The van der Waals surface area contributed by atoms with E-state index >= 15 is 0 Å². The van der Waals surface area contributed by atoms with Crippen molar-refractivity contribution < 1.29 is 27.5 Å². The molecule has 3 rings (SSSR count). The Morgan fingerprint density at radius 3 is 2.10 bits per heavy atom. The molecular weight excluding hydrogens is 518 g/mol. The summed E-state index contributed by atoms with van der Waals surface area (Å²) >= 11 is 0. The molecule has 0 bridgehead atoms. The maximum Gasteiger partial charge on any atom is 0.244 e. The van der Waals surface area contributed by atoms with Crippen LogP contribution in [0, 0.1) is 0 Å². The first-order valence-electron chi connectivity index (χ1n) is 12.5. The van der Waals surface area contributed by atoms with E-state index in [0.29, 0.717) is 23.7 Å². The van der Waals surface area contributed by atoms with Gasteiger partial charge in [0.05, 0.1) is 26.2 Å². The molecule has 9 nitrogen and oxygen atoms in total. The number of methoxy groups -OCH3 is 2. The van der Waals surface area contributed by atoms with Gasteiger partial charge in [0.1, 0.15) is 24.1 Å². The Labute approximate surface area is 230 Å². The quantitative estimate of drug-likeness (QED) is 0.349. The van der Waals surface area contributed by atoms with Crippen molar-refractivity contribution in [1.29, 1.82) is 0 Å². The second-order valence-corrected chi connectivity index (χ2v) is 10.8. The number of nitrogens with one attached hydrogen (secondary N) is 1.